The van der Waals surface area contributed by atoms with E-state index < -0.39 is 10.0 Å². The molecule has 0 spiro atoms. The molecule has 1 saturated heterocycles. The summed E-state index contributed by atoms with van der Waals surface area (Å²) < 4.78 is 27.8. The molecule has 1 fully saturated rings. The molecule has 114 valence electrons. The number of nitrogens with two attached hydrogens (primary N) is 1. The van der Waals surface area contributed by atoms with Crippen molar-refractivity contribution in [1.82, 2.24) is 9.29 Å². The Morgan fingerprint density at radius 2 is 2.14 bits per heavy atom. The molecule has 0 bridgehead atoms. The van der Waals surface area contributed by atoms with Crippen molar-refractivity contribution in [2.45, 2.75) is 50.1 Å². The Bertz CT molecular complexity index is 766. The average molecular weight is 307 g/mol. The topological polar surface area (TPSA) is 79.2 Å². The number of sulfonamides is 1. The Hall–Kier alpha value is -1.53. The minimum absolute atomic E-state index is 0.0472. The van der Waals surface area contributed by atoms with Gasteiger partial charge in [-0.05, 0) is 44.4 Å². The molecule has 1 aliphatic rings. The van der Waals surface area contributed by atoms with E-state index in [1.54, 1.807) is 22.6 Å². The number of fused-ring (bicyclic) bond motifs is 1. The number of nitrogens with one attached hydrogen (secondary N) is 1. The van der Waals surface area contributed by atoms with Gasteiger partial charge in [0.2, 0.25) is 10.0 Å². The van der Waals surface area contributed by atoms with Crippen LogP contribution in [-0.4, -0.2) is 29.8 Å². The van der Waals surface area contributed by atoms with Crippen molar-refractivity contribution in [2.75, 3.05) is 5.73 Å². The zero-order chi connectivity index (χ0) is 15.2. The highest BCUT2D eigenvalue weighted by molar-refractivity contribution is 7.89. The number of hydrogen-bond acceptors (Lipinski definition) is 3. The second kappa shape index (κ2) is 5.03. The molecule has 1 aromatic heterocycles. The smallest absolute Gasteiger partial charge is 0.245 e. The molecule has 0 radical (unpaired) electrons. The lowest BCUT2D eigenvalue weighted by molar-refractivity contribution is 0.329. The van der Waals surface area contributed by atoms with E-state index in [0.717, 1.165) is 24.8 Å². The number of aromatic amines is 1. The van der Waals surface area contributed by atoms with Crippen LogP contribution in [0.5, 0.6) is 0 Å². The molecule has 1 aromatic carbocycles. The fourth-order valence-corrected chi connectivity index (χ4v) is 5.41. The van der Waals surface area contributed by atoms with E-state index in [2.05, 4.69) is 4.98 Å². The van der Waals surface area contributed by atoms with Crippen LogP contribution >= 0.6 is 0 Å². The number of nitrogen functional groups attached to an aromatic ring is 1. The van der Waals surface area contributed by atoms with E-state index in [4.69, 9.17) is 5.73 Å². The van der Waals surface area contributed by atoms with Gasteiger partial charge in [-0.2, -0.15) is 4.31 Å². The van der Waals surface area contributed by atoms with Gasteiger partial charge < -0.3 is 10.7 Å². The molecular formula is C15H21N3O2S. The predicted molar refractivity (Wildman–Crippen MR) is 84.5 cm³/mol. The fraction of sp³-hybridized carbons (Fsp3) is 0.467. The monoisotopic (exact) mass is 307 g/mol. The van der Waals surface area contributed by atoms with Gasteiger partial charge in [-0.1, -0.05) is 6.92 Å². The van der Waals surface area contributed by atoms with Crippen molar-refractivity contribution in [2.24, 2.45) is 0 Å². The van der Waals surface area contributed by atoms with Crippen LogP contribution in [0.3, 0.4) is 0 Å². The van der Waals surface area contributed by atoms with E-state index in [-0.39, 0.29) is 12.1 Å². The van der Waals surface area contributed by atoms with Crippen molar-refractivity contribution in [3.63, 3.8) is 0 Å². The number of hydrogen-bond donors (Lipinski definition) is 2. The summed E-state index contributed by atoms with van der Waals surface area (Å²) in [7, 11) is -3.50. The predicted octanol–water partition coefficient (Wildman–Crippen LogP) is 2.70. The summed E-state index contributed by atoms with van der Waals surface area (Å²) in [6.45, 7) is 4.02. The van der Waals surface area contributed by atoms with E-state index >= 15 is 0 Å². The standard InChI is InChI=1S/C15H21N3O2S/c1-3-12-6-4-10(2)18(12)21(19,20)15-9-17-14-7-5-11(16)8-13(14)15/h5,7-10,12,17H,3-4,6,16H2,1-2H3. The van der Waals surface area contributed by atoms with Gasteiger partial charge in [0.15, 0.2) is 0 Å². The van der Waals surface area contributed by atoms with E-state index in [1.807, 2.05) is 19.9 Å². The zero-order valence-corrected chi connectivity index (χ0v) is 13.2. The Labute approximate surface area is 125 Å². The van der Waals surface area contributed by atoms with Gasteiger partial charge in [0.1, 0.15) is 4.90 Å². The second-order valence-corrected chi connectivity index (χ2v) is 7.59. The number of H-pyrrole nitrogens is 1. The van der Waals surface area contributed by atoms with Crippen LogP contribution in [0.15, 0.2) is 29.3 Å². The molecule has 2 heterocycles. The highest BCUT2D eigenvalue weighted by Gasteiger charge is 2.40. The van der Waals surface area contributed by atoms with E-state index in [9.17, 15) is 8.42 Å². The lowest BCUT2D eigenvalue weighted by atomic mass is 10.2. The number of aromatic nitrogens is 1. The van der Waals surface area contributed by atoms with Gasteiger partial charge in [-0.15, -0.1) is 0 Å². The number of nitrogens with zero attached hydrogens (tertiary/aromatic N) is 1. The summed E-state index contributed by atoms with van der Waals surface area (Å²) in [6, 6.07) is 5.44. The number of benzene rings is 1. The summed E-state index contributed by atoms with van der Waals surface area (Å²) in [5.74, 6) is 0. The van der Waals surface area contributed by atoms with Gasteiger partial charge in [-0.25, -0.2) is 8.42 Å². The SMILES string of the molecule is CCC1CCC(C)N1S(=O)(=O)c1c[nH]c2ccc(N)cc12. The molecule has 0 aliphatic carbocycles. The second-order valence-electron chi connectivity index (χ2n) is 5.78. The van der Waals surface area contributed by atoms with Gasteiger partial charge in [0.25, 0.3) is 0 Å². The maximum absolute atomic E-state index is 13.1. The third kappa shape index (κ3) is 2.22. The highest BCUT2D eigenvalue weighted by atomic mass is 32.2. The first-order chi connectivity index (χ1) is 9.95. The van der Waals surface area contributed by atoms with Crippen LogP contribution in [0, 0.1) is 0 Å². The lowest BCUT2D eigenvalue weighted by Gasteiger charge is -2.26. The zero-order valence-electron chi connectivity index (χ0n) is 12.3. The summed E-state index contributed by atoms with van der Waals surface area (Å²) in [4.78, 5) is 3.36. The third-order valence-corrected chi connectivity index (χ3v) is 6.51. The summed E-state index contributed by atoms with van der Waals surface area (Å²) >= 11 is 0. The molecule has 5 nitrogen and oxygen atoms in total. The highest BCUT2D eigenvalue weighted by Crippen LogP contribution is 2.35. The maximum Gasteiger partial charge on any atom is 0.245 e. The minimum atomic E-state index is -3.50. The number of anilines is 1. The van der Waals surface area contributed by atoms with Crippen LogP contribution in [0.4, 0.5) is 5.69 Å². The molecule has 6 heteroatoms. The molecule has 21 heavy (non-hydrogen) atoms. The molecule has 2 aromatic rings. The van der Waals surface area contributed by atoms with Crippen LogP contribution < -0.4 is 5.73 Å². The molecule has 3 N–H and O–H groups in total. The normalized spacial score (nSPS) is 23.9. The molecule has 2 atom stereocenters. The lowest BCUT2D eigenvalue weighted by Crippen LogP contribution is -2.39. The van der Waals surface area contributed by atoms with Crippen LogP contribution in [-0.2, 0) is 10.0 Å². The molecular weight excluding hydrogens is 286 g/mol. The summed E-state index contributed by atoms with van der Waals surface area (Å²) in [6.07, 6.45) is 4.27. The number of rotatable bonds is 3. The first-order valence-electron chi connectivity index (χ1n) is 7.35. The van der Waals surface area contributed by atoms with Crippen LogP contribution in [0.25, 0.3) is 10.9 Å². The van der Waals surface area contributed by atoms with Crippen molar-refractivity contribution < 1.29 is 8.42 Å². The first-order valence-corrected chi connectivity index (χ1v) is 8.79. The van der Waals surface area contributed by atoms with Crippen LogP contribution in [0.2, 0.25) is 0 Å². The summed E-state index contributed by atoms with van der Waals surface area (Å²) in [5, 5.41) is 0.670. The molecule has 0 amide bonds. The Kier molecular flexibility index (Phi) is 3.45. The Morgan fingerprint density at radius 1 is 1.38 bits per heavy atom. The largest absolute Gasteiger partial charge is 0.399 e. The van der Waals surface area contributed by atoms with E-state index in [1.165, 1.54) is 0 Å². The minimum Gasteiger partial charge on any atom is -0.399 e. The third-order valence-electron chi connectivity index (χ3n) is 4.41. The first kappa shape index (κ1) is 14.4. The van der Waals surface area contributed by atoms with Gasteiger partial charge in [-0.3, -0.25) is 0 Å². The van der Waals surface area contributed by atoms with Crippen molar-refractivity contribution in [1.29, 1.82) is 0 Å². The Morgan fingerprint density at radius 3 is 2.86 bits per heavy atom. The van der Waals surface area contributed by atoms with Crippen molar-refractivity contribution in [3.05, 3.63) is 24.4 Å². The van der Waals surface area contributed by atoms with Crippen molar-refractivity contribution >= 4 is 26.6 Å². The molecule has 3 rings (SSSR count). The van der Waals surface area contributed by atoms with Gasteiger partial charge in [0, 0.05) is 34.9 Å². The summed E-state index contributed by atoms with van der Waals surface area (Å²) in [5.41, 5.74) is 7.17. The quantitative estimate of drug-likeness (QED) is 0.856. The van der Waals surface area contributed by atoms with Crippen molar-refractivity contribution in [3.8, 4) is 0 Å². The van der Waals surface area contributed by atoms with Gasteiger partial charge >= 0.3 is 0 Å². The van der Waals surface area contributed by atoms with Gasteiger partial charge in [0.05, 0.1) is 0 Å². The fourth-order valence-electron chi connectivity index (χ4n) is 3.30. The maximum atomic E-state index is 13.1. The molecule has 2 unspecified atom stereocenters. The molecule has 0 saturated carbocycles. The Balaban J connectivity index is 2.14. The average Bonchev–Trinajstić information content (AvgIpc) is 3.01. The van der Waals surface area contributed by atoms with Crippen LogP contribution in [0.1, 0.15) is 33.1 Å². The van der Waals surface area contributed by atoms with E-state index in [0.29, 0.717) is 16.0 Å². The molecule has 1 aliphatic heterocycles.